The molecule has 59 heavy (non-hydrogen) atoms. The molecular weight excluding hydrogens is 759 g/mol. The van der Waals surface area contributed by atoms with Crippen LogP contribution in [0, 0.1) is 25.7 Å². The van der Waals surface area contributed by atoms with Crippen LogP contribution in [-0.4, -0.2) is 77.6 Å². The van der Waals surface area contributed by atoms with Crippen LogP contribution in [0.3, 0.4) is 0 Å². The highest BCUT2D eigenvalue weighted by molar-refractivity contribution is 6.43. The van der Waals surface area contributed by atoms with E-state index in [1.807, 2.05) is 27.8 Å². The molecule has 2 aromatic heterocycles. The molecule has 0 saturated carbocycles. The fourth-order valence-electron chi connectivity index (χ4n) is 7.42. The minimum atomic E-state index is -2.75. The molecule has 0 radical (unpaired) electrons. The van der Waals surface area contributed by atoms with Crippen molar-refractivity contribution in [1.82, 2.24) is 19.8 Å². The van der Waals surface area contributed by atoms with Crippen molar-refractivity contribution in [2.45, 2.75) is 132 Å². The third-order valence-corrected chi connectivity index (χ3v) is 10.5. The van der Waals surface area contributed by atoms with Gasteiger partial charge in [-0.2, -0.15) is 0 Å². The van der Waals surface area contributed by atoms with Gasteiger partial charge in [0.15, 0.2) is 0 Å². The zero-order valence-electron chi connectivity index (χ0n) is 36.0. The Labute approximate surface area is 348 Å². The van der Waals surface area contributed by atoms with E-state index in [1.165, 1.54) is 10.1 Å². The van der Waals surface area contributed by atoms with Crippen molar-refractivity contribution < 1.29 is 42.4 Å². The molecule has 15 heteroatoms. The quantitative estimate of drug-likeness (QED) is 0.0254. The Hall–Kier alpha value is -5.13. The summed E-state index contributed by atoms with van der Waals surface area (Å²) in [5.74, 6) is 4.31. The zero-order valence-corrected chi connectivity index (χ0v) is 36.0. The molecule has 12 nitrogen and oxygen atoms in total. The smallest absolute Gasteiger partial charge is 0.477 e. The van der Waals surface area contributed by atoms with Crippen LogP contribution in [0.2, 0.25) is 0 Å². The number of nitrogens with zero attached hydrogens (tertiary/aromatic N) is 3. The van der Waals surface area contributed by atoms with Gasteiger partial charge in [-0.25, -0.2) is 14.4 Å². The number of fused-ring (bicyclic) bond motifs is 1. The van der Waals surface area contributed by atoms with Crippen LogP contribution in [0.15, 0.2) is 28.2 Å². The van der Waals surface area contributed by atoms with Gasteiger partial charge in [-0.1, -0.05) is 26.2 Å². The van der Waals surface area contributed by atoms with Gasteiger partial charge in [0, 0.05) is 63.0 Å². The number of alkyl carbamates (subject to hydrolysis) is 1. The summed E-state index contributed by atoms with van der Waals surface area (Å²) in [6.07, 6.45) is 9.25. The topological polar surface area (TPSA) is 153 Å². The fourth-order valence-corrected chi connectivity index (χ4v) is 7.42. The van der Waals surface area contributed by atoms with E-state index in [9.17, 15) is 32.9 Å². The highest BCUT2D eigenvalue weighted by Crippen LogP contribution is 2.33. The predicted molar refractivity (Wildman–Crippen MR) is 228 cm³/mol. The molecule has 0 saturated heterocycles. The Bertz CT molecular complexity index is 1950. The Kier molecular flexibility index (Phi) is 20.2. The summed E-state index contributed by atoms with van der Waals surface area (Å²) in [4.78, 5) is 53.9. The van der Waals surface area contributed by atoms with Crippen LogP contribution in [0.4, 0.5) is 13.4 Å². The fraction of sp³-hybridized carbons (Fsp3) is 0.568. The molecular formula is C44H62BF2N5O7. The number of carbonyl (C=O) groups excluding carboxylic acids is 3. The van der Waals surface area contributed by atoms with Gasteiger partial charge in [-0.05, 0) is 125 Å². The van der Waals surface area contributed by atoms with Crippen LogP contribution in [0.5, 0.6) is 0 Å². The van der Waals surface area contributed by atoms with Crippen molar-refractivity contribution in [1.29, 1.82) is 0 Å². The number of unbranched alkanes of at least 4 members (excludes halogenated alkanes) is 4. The van der Waals surface area contributed by atoms with Crippen molar-refractivity contribution in [2.24, 2.45) is 12.0 Å². The lowest BCUT2D eigenvalue weighted by Crippen LogP contribution is -2.35. The highest BCUT2D eigenvalue weighted by atomic mass is 19.2. The van der Waals surface area contributed by atoms with Crippen molar-refractivity contribution in [3.63, 3.8) is 0 Å². The second-order valence-corrected chi connectivity index (χ2v) is 15.0. The second kappa shape index (κ2) is 24.7. The van der Waals surface area contributed by atoms with Gasteiger partial charge in [0.05, 0.1) is 13.2 Å². The van der Waals surface area contributed by atoms with Crippen LogP contribution in [0.1, 0.15) is 147 Å². The molecule has 0 bridgehead atoms. The van der Waals surface area contributed by atoms with E-state index in [-0.39, 0.29) is 62.3 Å². The number of carboxylic acids is 1. The summed E-state index contributed by atoms with van der Waals surface area (Å²) in [7, 11) is -0.714. The summed E-state index contributed by atoms with van der Waals surface area (Å²) in [5, 5.41) is 15.6. The van der Waals surface area contributed by atoms with Crippen molar-refractivity contribution >= 4 is 42.6 Å². The lowest BCUT2D eigenvalue weighted by molar-refractivity contribution is -0.121. The van der Waals surface area contributed by atoms with E-state index < -0.39 is 25.4 Å². The second-order valence-electron chi connectivity index (χ2n) is 15.0. The maximum Gasteiger partial charge on any atom is 0.692 e. The Morgan fingerprint density at radius 3 is 2.12 bits per heavy atom. The first-order valence-corrected chi connectivity index (χ1v) is 20.8. The lowest BCUT2D eigenvalue weighted by atomic mass is 9.93. The molecule has 2 amide bonds. The summed E-state index contributed by atoms with van der Waals surface area (Å²) in [6, 6.07) is 2.14. The number of carbonyl (C=O) groups is 4. The number of carboxylic acid groups (broad SMARTS) is 1. The number of hydrogen-bond donors (Lipinski definition) is 3. The van der Waals surface area contributed by atoms with E-state index in [0.717, 1.165) is 60.2 Å². The molecule has 0 fully saturated rings. The number of amides is 2. The van der Waals surface area contributed by atoms with Crippen molar-refractivity contribution in [3.05, 3.63) is 62.8 Å². The van der Waals surface area contributed by atoms with E-state index in [2.05, 4.69) is 51.9 Å². The minimum Gasteiger partial charge on any atom is -0.477 e. The largest absolute Gasteiger partial charge is 0.692 e. The third-order valence-electron chi connectivity index (χ3n) is 10.5. The van der Waals surface area contributed by atoms with E-state index in [1.54, 1.807) is 13.0 Å². The average molecular weight is 822 g/mol. The number of ether oxygens (including phenoxy) is 2. The molecule has 322 valence electrons. The molecule has 0 unspecified atom stereocenters. The molecule has 1 aliphatic rings. The predicted octanol–water partition coefficient (Wildman–Crippen LogP) is 8.36. The molecule has 2 aromatic rings. The van der Waals surface area contributed by atoms with Gasteiger partial charge in [0.1, 0.15) is 11.4 Å². The van der Waals surface area contributed by atoms with E-state index in [0.29, 0.717) is 56.1 Å². The van der Waals surface area contributed by atoms with Crippen LogP contribution in [0.25, 0.3) is 5.57 Å². The monoisotopic (exact) mass is 821 g/mol. The molecule has 3 N–H and O–H groups in total. The molecule has 1 aliphatic carbocycles. The van der Waals surface area contributed by atoms with Gasteiger partial charge in [-0.15, -0.1) is 11.8 Å². The van der Waals surface area contributed by atoms with Crippen LogP contribution >= 0.6 is 0 Å². The highest BCUT2D eigenvalue weighted by Gasteiger charge is 2.31. The molecule has 0 spiro atoms. The Morgan fingerprint density at radius 2 is 1.51 bits per heavy atom. The van der Waals surface area contributed by atoms with Crippen molar-refractivity contribution in [2.75, 3.05) is 26.3 Å². The lowest BCUT2D eigenvalue weighted by Gasteiger charge is -2.17. The minimum absolute atomic E-state index is 0.0130. The molecule has 0 atom stereocenters. The van der Waals surface area contributed by atoms with E-state index >= 15 is 0 Å². The number of allylic oxidation sites excluding steroid dienone is 4. The van der Waals surface area contributed by atoms with Gasteiger partial charge >= 0.3 is 25.4 Å². The first-order valence-electron chi connectivity index (χ1n) is 20.8. The standard InChI is InChI=1S/C44H62BF2N5O7/c1-8-9-26-58-43(56)41-37-21-16-11-10-15-20-36(37)40(42(54)55)52(41)25-18-27-59-44(57)49-24-23-48-38(53)22-17-13-12-14-19-35(39-31(3)29-33(5)51(39)7)34(6)30(2)28-32(4)50-45(46)47/h28-29H,8-9,12-27H2,1-7H3,(H,48,53)(H,49,57)(H,54,55)/b30-28-,35-34+,50-32+. The first-order chi connectivity index (χ1) is 28.2. The maximum absolute atomic E-state index is 13.2. The summed E-state index contributed by atoms with van der Waals surface area (Å²) < 4.78 is 40.1. The molecule has 0 aromatic carbocycles. The zero-order chi connectivity index (χ0) is 43.5. The average Bonchev–Trinajstić information content (AvgIpc) is 3.60. The van der Waals surface area contributed by atoms with Gasteiger partial charge < -0.3 is 34.3 Å². The number of esters is 1. The summed E-state index contributed by atoms with van der Waals surface area (Å²) in [5.41, 5.74) is 8.36. The number of aryl methyl sites for hydroxylation is 2. The maximum atomic E-state index is 13.2. The van der Waals surface area contributed by atoms with Crippen molar-refractivity contribution in [3.8, 4) is 11.8 Å². The van der Waals surface area contributed by atoms with Gasteiger partial charge in [0.2, 0.25) is 5.91 Å². The number of rotatable bonds is 23. The van der Waals surface area contributed by atoms with Crippen LogP contribution < -0.4 is 10.6 Å². The number of hydrogen-bond acceptors (Lipinski definition) is 7. The number of halogens is 2. The number of aromatic nitrogens is 2. The van der Waals surface area contributed by atoms with Gasteiger partial charge in [-0.3, -0.25) is 18.3 Å². The number of aromatic carboxylic acids is 1. The van der Waals surface area contributed by atoms with Crippen LogP contribution in [-0.2, 0) is 40.7 Å². The molecule has 2 heterocycles. The Morgan fingerprint density at radius 1 is 0.881 bits per heavy atom. The third kappa shape index (κ3) is 14.9. The number of nitrogens with one attached hydrogen (secondary N) is 2. The van der Waals surface area contributed by atoms with Gasteiger partial charge in [0.25, 0.3) is 0 Å². The Balaban J connectivity index is 1.42. The first kappa shape index (κ1) is 48.2. The SMILES string of the molecule is CCCCOC(=O)c1c2c(c(C(=O)O)n1CCCOC(=O)NCCNC(=O)CCCCCC\C(=C(C)/C(C)=C\C(C)=N\B(F)F)c1c(C)cc(C)n1C)CCC#CCC2. The van der Waals surface area contributed by atoms with E-state index in [4.69, 9.17) is 9.47 Å². The summed E-state index contributed by atoms with van der Waals surface area (Å²) in [6.45, 7) is 12.4. The molecule has 0 aliphatic heterocycles. The normalized spacial score (nSPS) is 13.3. The molecule has 3 rings (SSSR count). The summed E-state index contributed by atoms with van der Waals surface area (Å²) >= 11 is 0.